The average Bonchev–Trinajstić information content (AvgIpc) is 1.42. The van der Waals surface area contributed by atoms with Crippen LogP contribution in [-0.2, 0) is 33.9 Å². The van der Waals surface area contributed by atoms with E-state index in [4.69, 9.17) is 25.0 Å². The summed E-state index contributed by atoms with van der Waals surface area (Å²) in [5, 5.41) is 97.7. The normalized spacial score (nSPS) is 20.1. The van der Waals surface area contributed by atoms with E-state index in [9.17, 15) is 72.1 Å². The van der Waals surface area contributed by atoms with Crippen LogP contribution >= 0.6 is 0 Å². The van der Waals surface area contributed by atoms with Crippen molar-refractivity contribution in [1.29, 1.82) is 0 Å². The van der Waals surface area contributed by atoms with Crippen LogP contribution in [0.15, 0.2) is 109 Å². The summed E-state index contributed by atoms with van der Waals surface area (Å²) in [5.74, 6) is -4.28. The maximum absolute atomic E-state index is 13.6. The second-order valence-corrected chi connectivity index (χ2v) is 26.9. The number of hydrogen-bond acceptors (Lipinski definition) is 17. The van der Waals surface area contributed by atoms with Crippen molar-refractivity contribution >= 4 is 62.9 Å². The van der Waals surface area contributed by atoms with E-state index in [0.29, 0.717) is 54.1 Å². The number of aromatic nitrogens is 3. The van der Waals surface area contributed by atoms with Gasteiger partial charge in [-0.05, 0) is 110 Å². The molecule has 1 saturated carbocycles. The zero-order valence-electron chi connectivity index (χ0n) is 53.8. The minimum Gasteiger partial charge on any atom is -0.481 e. The number of anilines is 1. The molecule has 0 unspecified atom stereocenters. The van der Waals surface area contributed by atoms with Gasteiger partial charge in [-0.3, -0.25) is 24.2 Å². The summed E-state index contributed by atoms with van der Waals surface area (Å²) >= 11 is 0. The van der Waals surface area contributed by atoms with E-state index in [0.717, 1.165) is 62.3 Å². The Kier molecular flexibility index (Phi) is 27.8. The maximum Gasteiger partial charge on any atom is 0.308 e. The molecule has 0 saturated heterocycles. The molecule has 3 aromatic carbocycles. The topological polar surface area (TPSA) is 356 Å². The first-order chi connectivity index (χ1) is 44.3. The number of carboxylic acid groups (broad SMARTS) is 3. The number of aliphatic hydroxyl groups excluding tert-OH is 7. The van der Waals surface area contributed by atoms with Gasteiger partial charge >= 0.3 is 23.9 Å². The number of aliphatic hydroxyl groups is 7. The standard InChI is InChI=1S/C25H24FNO4.C23H36O7.C22H28FN3O6S/c26-17-9-7-15(8-10-17)24-20-3-1-2-4-22(20)27-25(16-5-6-16)21(24)12-11-18(28)13-19(29)14-23(30)31;1-4-13(2)23(29)30-20-11-17(25)9-15-6-5-14(3)19(22(15)20)8-7-16(24)10-18(26)12-21(27)28;1-13(2)20-18(10-9-16(27)11-17(28)12-19(29)30)21(14-5-7-15(23)8-6-14)25-22(24-20)26(3)33(4,31)32/h1-4,7-12,16,18-19,28-29H,5-6,13-14H2,(H,30,31);5-6,9,13-14,16-20,22,24-26H,4,7-8,10-12H2,1-3H3,(H,27,28);5-10,13,16-17,27-28H,11-12H2,1-4H3,(H,29,30)/b12-11+;;10-9+/t18-,19-;13-,14-,16+,17+,18+,19-,20-,22-;16-,17-/m101/s1. The number of carbonyl (C=O) groups excluding carboxylic acids is 1. The van der Waals surface area contributed by atoms with Gasteiger partial charge in [-0.25, -0.2) is 31.5 Å². The molecular weight excluding hydrogens is 1240 g/mol. The number of sulfonamides is 1. The monoisotopic (exact) mass is 1330 g/mol. The van der Waals surface area contributed by atoms with E-state index in [-0.39, 0.29) is 73.0 Å². The minimum absolute atomic E-state index is 0.0156. The smallest absolute Gasteiger partial charge is 0.308 e. The van der Waals surface area contributed by atoms with Crippen LogP contribution in [0.5, 0.6) is 0 Å². The van der Waals surface area contributed by atoms with Crippen LogP contribution < -0.4 is 4.31 Å². The lowest BCUT2D eigenvalue weighted by Gasteiger charge is -2.43. The van der Waals surface area contributed by atoms with Gasteiger partial charge in [-0.2, -0.15) is 0 Å². The lowest BCUT2D eigenvalue weighted by molar-refractivity contribution is -0.159. The molecular formula is C70H88F2N4O17S. The van der Waals surface area contributed by atoms with Crippen LogP contribution in [0.4, 0.5) is 14.7 Å². The zero-order chi connectivity index (χ0) is 69.3. The molecule has 2 heterocycles. The molecule has 0 spiro atoms. The molecule has 94 heavy (non-hydrogen) atoms. The van der Waals surface area contributed by atoms with Gasteiger partial charge in [-0.1, -0.05) is 107 Å². The second kappa shape index (κ2) is 34.6. The highest BCUT2D eigenvalue weighted by Gasteiger charge is 2.42. The number of rotatable bonds is 28. The van der Waals surface area contributed by atoms with Crippen molar-refractivity contribution in [2.45, 2.75) is 172 Å². The van der Waals surface area contributed by atoms with Gasteiger partial charge in [-0.15, -0.1) is 0 Å². The first-order valence-corrected chi connectivity index (χ1v) is 33.4. The molecule has 21 nitrogen and oxygen atoms in total. The summed E-state index contributed by atoms with van der Waals surface area (Å²) in [6, 6.07) is 19.6. The highest BCUT2D eigenvalue weighted by molar-refractivity contribution is 7.92. The summed E-state index contributed by atoms with van der Waals surface area (Å²) < 4.78 is 58.0. The Morgan fingerprint density at radius 2 is 1.26 bits per heavy atom. The molecule has 8 rings (SSSR count). The fourth-order valence-corrected chi connectivity index (χ4v) is 11.8. The van der Waals surface area contributed by atoms with Crippen LogP contribution in [0.3, 0.4) is 0 Å². The molecule has 5 aromatic rings. The molecule has 12 atom stereocenters. The Morgan fingerprint density at radius 1 is 0.723 bits per heavy atom. The lowest BCUT2D eigenvalue weighted by Crippen LogP contribution is -2.43. The van der Waals surface area contributed by atoms with Crippen molar-refractivity contribution in [2.24, 2.45) is 23.7 Å². The number of carbonyl (C=O) groups is 4. The van der Waals surface area contributed by atoms with Crippen LogP contribution in [0.2, 0.25) is 0 Å². The molecule has 0 radical (unpaired) electrons. The molecule has 2 aromatic heterocycles. The molecule has 10 N–H and O–H groups in total. The number of benzene rings is 3. The van der Waals surface area contributed by atoms with Gasteiger partial charge in [0.25, 0.3) is 0 Å². The van der Waals surface area contributed by atoms with Crippen LogP contribution in [-0.4, -0.2) is 160 Å². The van der Waals surface area contributed by atoms with E-state index in [1.807, 2.05) is 64.1 Å². The SMILES string of the molecule is CC(C)c1nc(N(C)S(C)(=O)=O)nc(-c2ccc(F)cc2)c1/C=C/[C@@H](O)C[C@@H](O)CC(=O)O.CC[C@H](C)C(=O)O[C@H]1C[C@H](O)C=C2C=C[C@H](C)[C@H](CC[C@@H](O)C[C@@H](O)CC(=O)O)[C@H]21.O=C(O)C[C@H](O)C[C@H](O)/C=C/c1c(C2CC2)nc2ccccc2c1-c1ccc(F)cc1. The lowest BCUT2D eigenvalue weighted by atomic mass is 9.66. The fraction of sp³-hybridized carbons (Fsp3) is 0.471. The first kappa shape index (κ1) is 75.3. The Bertz CT molecular complexity index is 3640. The third-order valence-electron chi connectivity index (χ3n) is 16.7. The number of aliphatic carboxylic acids is 3. The van der Waals surface area contributed by atoms with Crippen LogP contribution in [0.1, 0.15) is 146 Å². The Balaban J connectivity index is 0.000000224. The number of hydrogen-bond donors (Lipinski definition) is 10. The third-order valence-corrected chi connectivity index (χ3v) is 17.9. The molecule has 1 fully saturated rings. The number of esters is 1. The number of carboxylic acids is 3. The number of nitrogens with zero attached hydrogens (tertiary/aromatic N) is 4. The molecule has 3 aliphatic rings. The maximum atomic E-state index is 13.6. The van der Waals surface area contributed by atoms with Crippen molar-refractivity contribution < 1.29 is 92.2 Å². The predicted octanol–water partition coefficient (Wildman–Crippen LogP) is 9.36. The number of allylic oxidation sites excluding steroid dienone is 2. The minimum atomic E-state index is -3.65. The quantitative estimate of drug-likeness (QED) is 0.0208. The van der Waals surface area contributed by atoms with Gasteiger partial charge in [0.1, 0.15) is 17.7 Å². The molecule has 510 valence electrons. The molecule has 0 amide bonds. The van der Waals surface area contributed by atoms with Gasteiger partial charge in [0.05, 0.1) is 96.8 Å². The van der Waals surface area contributed by atoms with Gasteiger partial charge in [0.2, 0.25) is 16.0 Å². The summed E-state index contributed by atoms with van der Waals surface area (Å²) in [6.07, 6.45) is 8.30. The Labute approximate surface area is 546 Å². The molecule has 0 aliphatic heterocycles. The number of fused-ring (bicyclic) bond motifs is 2. The Hall–Kier alpha value is -7.68. The number of para-hydroxylation sites is 1. The summed E-state index contributed by atoms with van der Waals surface area (Å²) in [6.45, 7) is 9.55. The molecule has 24 heteroatoms. The number of pyridine rings is 1. The number of halogens is 2. The fourth-order valence-electron chi connectivity index (χ4n) is 11.4. The van der Waals surface area contributed by atoms with E-state index in [2.05, 4.69) is 23.0 Å². The number of ether oxygens (including phenoxy) is 1. The van der Waals surface area contributed by atoms with Crippen molar-refractivity contribution in [3.63, 3.8) is 0 Å². The zero-order valence-corrected chi connectivity index (χ0v) is 54.6. The van der Waals surface area contributed by atoms with Gasteiger partial charge in [0, 0.05) is 65.8 Å². The van der Waals surface area contributed by atoms with E-state index < -0.39 is 95.4 Å². The molecule has 0 bridgehead atoms. The van der Waals surface area contributed by atoms with Crippen LogP contribution in [0, 0.1) is 35.3 Å². The summed E-state index contributed by atoms with van der Waals surface area (Å²) in [7, 11) is -2.33. The summed E-state index contributed by atoms with van der Waals surface area (Å²) in [5.41, 5.74) is 7.18. The van der Waals surface area contributed by atoms with Crippen molar-refractivity contribution in [1.82, 2.24) is 15.0 Å². The van der Waals surface area contributed by atoms with Gasteiger partial charge < -0.3 is 55.8 Å². The van der Waals surface area contributed by atoms with Crippen molar-refractivity contribution in [2.75, 3.05) is 17.6 Å². The highest BCUT2D eigenvalue weighted by atomic mass is 32.2. The molecule has 3 aliphatic carbocycles. The Morgan fingerprint density at radius 3 is 1.78 bits per heavy atom. The predicted molar refractivity (Wildman–Crippen MR) is 351 cm³/mol. The van der Waals surface area contributed by atoms with E-state index in [1.165, 1.54) is 55.6 Å². The first-order valence-electron chi connectivity index (χ1n) is 31.5. The second-order valence-electron chi connectivity index (χ2n) is 24.9. The van der Waals surface area contributed by atoms with Crippen molar-refractivity contribution in [3.8, 4) is 22.4 Å². The highest BCUT2D eigenvalue weighted by Crippen LogP contribution is 2.47. The third kappa shape index (κ3) is 22.2. The van der Waals surface area contributed by atoms with E-state index in [1.54, 1.807) is 24.3 Å². The summed E-state index contributed by atoms with van der Waals surface area (Å²) in [4.78, 5) is 58.3. The average molecular weight is 1330 g/mol. The van der Waals surface area contributed by atoms with Crippen molar-refractivity contribution in [3.05, 3.63) is 143 Å². The van der Waals surface area contributed by atoms with E-state index >= 15 is 0 Å². The largest absolute Gasteiger partial charge is 0.481 e. The van der Waals surface area contributed by atoms with Gasteiger partial charge in [0.15, 0.2) is 0 Å². The van der Waals surface area contributed by atoms with Crippen LogP contribution in [0.25, 0.3) is 45.4 Å².